The first kappa shape index (κ1) is 14.6. The third-order valence-corrected chi connectivity index (χ3v) is 5.67. The summed E-state index contributed by atoms with van der Waals surface area (Å²) in [6, 6.07) is 1.88. The van der Waals surface area contributed by atoms with Crippen molar-refractivity contribution in [3.63, 3.8) is 0 Å². The molecule has 1 aromatic rings. The molecule has 0 N–H and O–H groups in total. The molecule has 0 unspecified atom stereocenters. The van der Waals surface area contributed by atoms with Crippen LogP contribution in [0.2, 0.25) is 0 Å². The summed E-state index contributed by atoms with van der Waals surface area (Å²) < 4.78 is 0. The quantitative estimate of drug-likeness (QED) is 0.843. The number of amides is 2. The van der Waals surface area contributed by atoms with Crippen LogP contribution in [0, 0.1) is 5.41 Å². The minimum absolute atomic E-state index is 0.117. The largest absolute Gasteiger partial charge is 0.342 e. The van der Waals surface area contributed by atoms with Gasteiger partial charge in [-0.2, -0.15) is 11.3 Å². The fourth-order valence-corrected chi connectivity index (χ4v) is 4.25. The van der Waals surface area contributed by atoms with Crippen LogP contribution < -0.4 is 0 Å². The van der Waals surface area contributed by atoms with Gasteiger partial charge in [-0.25, -0.2) is 0 Å². The van der Waals surface area contributed by atoms with Gasteiger partial charge >= 0.3 is 0 Å². The highest BCUT2D eigenvalue weighted by molar-refractivity contribution is 7.08. The van der Waals surface area contributed by atoms with Gasteiger partial charge in [0.1, 0.15) is 0 Å². The highest BCUT2D eigenvalue weighted by atomic mass is 32.1. The molecule has 0 radical (unpaired) electrons. The number of rotatable bonds is 2. The van der Waals surface area contributed by atoms with Crippen LogP contribution in [0.1, 0.15) is 43.0 Å². The second-order valence-corrected chi connectivity index (χ2v) is 6.85. The van der Waals surface area contributed by atoms with Gasteiger partial charge in [0.15, 0.2) is 0 Å². The van der Waals surface area contributed by atoms with Crippen LogP contribution in [0.4, 0.5) is 0 Å². The smallest absolute Gasteiger partial charge is 0.254 e. The number of likely N-dealkylation sites (tertiary alicyclic amines) is 2. The van der Waals surface area contributed by atoms with E-state index in [2.05, 4.69) is 0 Å². The van der Waals surface area contributed by atoms with Crippen LogP contribution in [0.5, 0.6) is 0 Å². The SMILES string of the molecule is CCN1CC[C@]2(CCCN(C(=O)c3ccsc3)CC2)C1=O. The number of carbonyl (C=O) groups is 2. The van der Waals surface area contributed by atoms with Crippen molar-refractivity contribution in [3.8, 4) is 0 Å². The molecule has 2 amide bonds. The van der Waals surface area contributed by atoms with Crippen molar-refractivity contribution in [1.29, 1.82) is 0 Å². The summed E-state index contributed by atoms with van der Waals surface area (Å²) in [6.45, 7) is 5.21. The third kappa shape index (κ3) is 2.59. The molecule has 3 heterocycles. The molecule has 0 bridgehead atoms. The molecular weight excluding hydrogens is 284 g/mol. The lowest BCUT2D eigenvalue weighted by Crippen LogP contribution is -2.36. The predicted octanol–water partition coefficient (Wildman–Crippen LogP) is 2.61. The number of hydrogen-bond acceptors (Lipinski definition) is 3. The molecule has 0 aromatic carbocycles. The van der Waals surface area contributed by atoms with Gasteiger partial charge in [0.2, 0.25) is 5.91 Å². The number of carbonyl (C=O) groups excluding carboxylic acids is 2. The Kier molecular flexibility index (Phi) is 4.02. The van der Waals surface area contributed by atoms with E-state index in [-0.39, 0.29) is 11.3 Å². The Morgan fingerprint density at radius 1 is 1.29 bits per heavy atom. The lowest BCUT2D eigenvalue weighted by Gasteiger charge is -2.26. The van der Waals surface area contributed by atoms with Crippen LogP contribution in [-0.2, 0) is 4.79 Å². The topological polar surface area (TPSA) is 40.6 Å². The van der Waals surface area contributed by atoms with Crippen LogP contribution in [0.25, 0.3) is 0 Å². The first-order valence-corrected chi connectivity index (χ1v) is 8.71. The zero-order chi connectivity index (χ0) is 14.9. The lowest BCUT2D eigenvalue weighted by atomic mass is 9.79. The van der Waals surface area contributed by atoms with Crippen molar-refractivity contribution in [3.05, 3.63) is 22.4 Å². The van der Waals surface area contributed by atoms with Gasteiger partial charge < -0.3 is 9.80 Å². The Morgan fingerprint density at radius 3 is 2.76 bits per heavy atom. The maximum atomic E-state index is 12.6. The van der Waals surface area contributed by atoms with Gasteiger partial charge in [-0.1, -0.05) is 0 Å². The number of nitrogens with zero attached hydrogens (tertiary/aromatic N) is 2. The second kappa shape index (κ2) is 5.79. The average Bonchev–Trinajstić information content (AvgIpc) is 3.06. The molecule has 1 spiro atoms. The Labute approximate surface area is 129 Å². The molecule has 2 aliphatic rings. The van der Waals surface area contributed by atoms with Crippen molar-refractivity contribution in [2.24, 2.45) is 5.41 Å². The Morgan fingerprint density at radius 2 is 2.10 bits per heavy atom. The summed E-state index contributed by atoms with van der Waals surface area (Å²) in [7, 11) is 0. The van der Waals surface area contributed by atoms with Gasteiger partial charge in [0, 0.05) is 31.6 Å². The molecule has 0 saturated carbocycles. The summed E-state index contributed by atoms with van der Waals surface area (Å²) in [5.41, 5.74) is 0.587. The Bertz CT molecular complexity index is 528. The molecule has 2 aliphatic heterocycles. The molecule has 2 saturated heterocycles. The van der Waals surface area contributed by atoms with Gasteiger partial charge in [0.25, 0.3) is 5.91 Å². The maximum absolute atomic E-state index is 12.6. The van der Waals surface area contributed by atoms with Gasteiger partial charge in [-0.05, 0) is 44.1 Å². The van der Waals surface area contributed by atoms with E-state index in [1.54, 1.807) is 11.3 Å². The summed E-state index contributed by atoms with van der Waals surface area (Å²) in [5.74, 6) is 0.431. The zero-order valence-corrected chi connectivity index (χ0v) is 13.3. The number of thiophene rings is 1. The molecule has 0 aliphatic carbocycles. The van der Waals surface area contributed by atoms with Gasteiger partial charge in [-0.15, -0.1) is 0 Å². The van der Waals surface area contributed by atoms with E-state index >= 15 is 0 Å². The normalized spacial score (nSPS) is 26.4. The van der Waals surface area contributed by atoms with E-state index in [1.807, 2.05) is 33.6 Å². The Hall–Kier alpha value is -1.36. The van der Waals surface area contributed by atoms with Crippen molar-refractivity contribution >= 4 is 23.2 Å². The van der Waals surface area contributed by atoms with Crippen molar-refractivity contribution in [2.45, 2.75) is 32.6 Å². The average molecular weight is 306 g/mol. The highest BCUT2D eigenvalue weighted by Crippen LogP contribution is 2.41. The second-order valence-electron chi connectivity index (χ2n) is 6.07. The summed E-state index contributed by atoms with van der Waals surface area (Å²) in [6.07, 6.45) is 3.63. The minimum Gasteiger partial charge on any atom is -0.342 e. The highest BCUT2D eigenvalue weighted by Gasteiger charge is 2.46. The number of hydrogen-bond donors (Lipinski definition) is 0. The standard InChI is InChI=1S/C16H22N2O2S/c1-2-17-9-6-16(15(17)20)5-3-8-18(10-7-16)14(19)13-4-11-21-12-13/h4,11-12H,2-3,5-10H2,1H3/t16-/m0/s1. The first-order valence-electron chi connectivity index (χ1n) is 7.77. The molecule has 5 heteroatoms. The van der Waals surface area contributed by atoms with Crippen molar-refractivity contribution < 1.29 is 9.59 Å². The predicted molar refractivity (Wildman–Crippen MR) is 83.4 cm³/mol. The van der Waals surface area contributed by atoms with Crippen molar-refractivity contribution in [2.75, 3.05) is 26.2 Å². The third-order valence-electron chi connectivity index (χ3n) is 4.98. The molecule has 1 atom stereocenters. The first-order chi connectivity index (χ1) is 10.2. The summed E-state index contributed by atoms with van der Waals surface area (Å²) in [4.78, 5) is 28.9. The summed E-state index contributed by atoms with van der Waals surface area (Å²) >= 11 is 1.55. The molecule has 3 rings (SSSR count). The Balaban J connectivity index is 1.70. The molecule has 4 nitrogen and oxygen atoms in total. The monoisotopic (exact) mass is 306 g/mol. The fourth-order valence-electron chi connectivity index (χ4n) is 3.62. The van der Waals surface area contributed by atoms with Crippen LogP contribution in [0.15, 0.2) is 16.8 Å². The van der Waals surface area contributed by atoms with Gasteiger partial charge in [-0.3, -0.25) is 9.59 Å². The van der Waals surface area contributed by atoms with Crippen LogP contribution in [0.3, 0.4) is 0 Å². The molecular formula is C16H22N2O2S. The van der Waals surface area contributed by atoms with Crippen LogP contribution >= 0.6 is 11.3 Å². The molecule has 1 aromatic heterocycles. The molecule has 114 valence electrons. The van der Waals surface area contributed by atoms with Crippen molar-refractivity contribution in [1.82, 2.24) is 9.80 Å². The minimum atomic E-state index is -0.195. The van der Waals surface area contributed by atoms with E-state index in [0.29, 0.717) is 12.5 Å². The molecule has 21 heavy (non-hydrogen) atoms. The van der Waals surface area contributed by atoms with Crippen LogP contribution in [-0.4, -0.2) is 47.8 Å². The molecule has 2 fully saturated rings. The van der Waals surface area contributed by atoms with Gasteiger partial charge in [0.05, 0.1) is 11.0 Å². The van der Waals surface area contributed by atoms with E-state index in [9.17, 15) is 9.59 Å². The van der Waals surface area contributed by atoms with E-state index < -0.39 is 0 Å². The summed E-state index contributed by atoms with van der Waals surface area (Å²) in [5, 5.41) is 3.84. The van der Waals surface area contributed by atoms with E-state index in [1.165, 1.54) is 0 Å². The van der Waals surface area contributed by atoms with E-state index in [0.717, 1.165) is 50.9 Å². The fraction of sp³-hybridized carbons (Fsp3) is 0.625. The maximum Gasteiger partial charge on any atom is 0.254 e. The lowest BCUT2D eigenvalue weighted by molar-refractivity contribution is -0.136. The van der Waals surface area contributed by atoms with E-state index in [4.69, 9.17) is 0 Å². The zero-order valence-electron chi connectivity index (χ0n) is 12.5.